The number of carbonyl (C=O) groups excluding carboxylic acids is 2. The second-order valence-corrected chi connectivity index (χ2v) is 7.10. The van der Waals surface area contributed by atoms with Crippen molar-refractivity contribution < 1.29 is 14.3 Å². The van der Waals surface area contributed by atoms with Gasteiger partial charge in [-0.05, 0) is 48.7 Å². The van der Waals surface area contributed by atoms with Crippen molar-refractivity contribution in [2.45, 2.75) is 13.3 Å². The summed E-state index contributed by atoms with van der Waals surface area (Å²) in [7, 11) is 0. The van der Waals surface area contributed by atoms with Gasteiger partial charge in [-0.2, -0.15) is 0 Å². The van der Waals surface area contributed by atoms with Gasteiger partial charge in [-0.25, -0.2) is 0 Å². The van der Waals surface area contributed by atoms with E-state index in [1.807, 2.05) is 19.1 Å². The van der Waals surface area contributed by atoms with Crippen molar-refractivity contribution in [1.29, 1.82) is 0 Å². The average Bonchev–Trinajstić information content (AvgIpc) is 2.72. The van der Waals surface area contributed by atoms with Crippen LogP contribution >= 0.6 is 11.6 Å². The van der Waals surface area contributed by atoms with Crippen LogP contribution in [0.15, 0.2) is 42.5 Å². The number of aryl methyl sites for hydroxylation is 1. The molecule has 28 heavy (non-hydrogen) atoms. The van der Waals surface area contributed by atoms with E-state index in [2.05, 4.69) is 27.7 Å². The lowest BCUT2D eigenvalue weighted by Crippen LogP contribution is -2.36. The predicted molar refractivity (Wildman–Crippen MR) is 111 cm³/mol. The van der Waals surface area contributed by atoms with Gasteiger partial charge in [-0.1, -0.05) is 29.8 Å². The first-order valence-electron chi connectivity index (χ1n) is 9.30. The van der Waals surface area contributed by atoms with Gasteiger partial charge >= 0.3 is 11.8 Å². The van der Waals surface area contributed by atoms with E-state index >= 15 is 0 Å². The molecule has 0 atom stereocenters. The Hall–Kier alpha value is -2.57. The summed E-state index contributed by atoms with van der Waals surface area (Å²) in [5, 5.41) is 5.74. The van der Waals surface area contributed by atoms with E-state index in [-0.39, 0.29) is 0 Å². The molecule has 1 saturated heterocycles. The maximum absolute atomic E-state index is 12.0. The summed E-state index contributed by atoms with van der Waals surface area (Å²) >= 11 is 6.03. The van der Waals surface area contributed by atoms with Crippen molar-refractivity contribution in [2.75, 3.05) is 43.1 Å². The van der Waals surface area contributed by atoms with Crippen LogP contribution in [-0.2, 0) is 20.7 Å². The maximum Gasteiger partial charge on any atom is 0.313 e. The zero-order chi connectivity index (χ0) is 19.9. The number of morpholine rings is 1. The van der Waals surface area contributed by atoms with Gasteiger partial charge < -0.3 is 20.3 Å². The molecule has 0 radical (unpaired) electrons. The predicted octanol–water partition coefficient (Wildman–Crippen LogP) is 2.78. The molecule has 6 nitrogen and oxygen atoms in total. The van der Waals surface area contributed by atoms with Gasteiger partial charge in [0.1, 0.15) is 0 Å². The Balaban J connectivity index is 1.44. The highest BCUT2D eigenvalue weighted by molar-refractivity contribution is 6.39. The fraction of sp³-hybridized carbons (Fsp3) is 0.333. The first-order valence-corrected chi connectivity index (χ1v) is 9.68. The minimum Gasteiger partial charge on any atom is -0.378 e. The molecule has 7 heteroatoms. The van der Waals surface area contributed by atoms with Crippen LogP contribution in [0.25, 0.3) is 0 Å². The number of nitrogens with zero attached hydrogens (tertiary/aromatic N) is 1. The third-order valence-corrected chi connectivity index (χ3v) is 5.05. The molecule has 1 aliphatic heterocycles. The Morgan fingerprint density at radius 1 is 1.07 bits per heavy atom. The lowest BCUT2D eigenvalue weighted by Gasteiger charge is -2.28. The normalized spacial score (nSPS) is 13.9. The lowest BCUT2D eigenvalue weighted by atomic mass is 10.1. The van der Waals surface area contributed by atoms with Gasteiger partial charge in [0.2, 0.25) is 0 Å². The monoisotopic (exact) mass is 401 g/mol. The number of benzene rings is 2. The molecule has 1 aliphatic rings. The van der Waals surface area contributed by atoms with Gasteiger partial charge in [0.25, 0.3) is 0 Å². The van der Waals surface area contributed by atoms with Gasteiger partial charge in [0.15, 0.2) is 0 Å². The number of carbonyl (C=O) groups is 2. The van der Waals surface area contributed by atoms with E-state index in [0.717, 1.165) is 37.4 Å². The third kappa shape index (κ3) is 5.47. The Morgan fingerprint density at radius 2 is 1.79 bits per heavy atom. The lowest BCUT2D eigenvalue weighted by molar-refractivity contribution is -0.136. The number of nitrogens with one attached hydrogen (secondary N) is 2. The summed E-state index contributed by atoms with van der Waals surface area (Å²) in [6.07, 6.45) is 0.652. The Morgan fingerprint density at radius 3 is 2.46 bits per heavy atom. The highest BCUT2D eigenvalue weighted by atomic mass is 35.5. The summed E-state index contributed by atoms with van der Waals surface area (Å²) in [6.45, 7) is 5.56. The second kappa shape index (κ2) is 9.57. The number of halogens is 1. The highest BCUT2D eigenvalue weighted by Gasteiger charge is 2.14. The zero-order valence-electron chi connectivity index (χ0n) is 15.8. The molecule has 0 saturated carbocycles. The topological polar surface area (TPSA) is 70.7 Å². The summed E-state index contributed by atoms with van der Waals surface area (Å²) in [4.78, 5) is 26.3. The summed E-state index contributed by atoms with van der Waals surface area (Å²) in [5.74, 6) is -1.37. The standard InChI is InChI=1S/C21H24ClN3O3/c1-15-2-5-17(14-19(15)22)24-21(27)20(26)23-9-8-16-3-6-18(7-4-16)25-10-12-28-13-11-25/h2-7,14H,8-13H2,1H3,(H,23,26)(H,24,27). The van der Waals surface area contributed by atoms with Gasteiger partial charge in [-0.15, -0.1) is 0 Å². The summed E-state index contributed by atoms with van der Waals surface area (Å²) in [5.41, 5.74) is 3.67. The van der Waals surface area contributed by atoms with Crippen LogP contribution in [-0.4, -0.2) is 44.7 Å². The average molecular weight is 402 g/mol. The van der Waals surface area contributed by atoms with Crippen LogP contribution in [0.5, 0.6) is 0 Å². The van der Waals surface area contributed by atoms with E-state index in [1.54, 1.807) is 18.2 Å². The molecule has 2 amide bonds. The van der Waals surface area contributed by atoms with Gasteiger partial charge in [-0.3, -0.25) is 9.59 Å². The molecule has 0 spiro atoms. The molecule has 0 bridgehead atoms. The maximum atomic E-state index is 12.0. The molecule has 0 aromatic heterocycles. The van der Waals surface area contributed by atoms with Crippen LogP contribution in [0.3, 0.4) is 0 Å². The largest absolute Gasteiger partial charge is 0.378 e. The molecule has 0 unspecified atom stereocenters. The molecular formula is C21H24ClN3O3. The van der Waals surface area contributed by atoms with Crippen molar-refractivity contribution in [2.24, 2.45) is 0 Å². The first kappa shape index (κ1) is 20.2. The molecule has 2 aromatic carbocycles. The van der Waals surface area contributed by atoms with Gasteiger partial charge in [0.05, 0.1) is 13.2 Å². The van der Waals surface area contributed by atoms with Crippen LogP contribution in [0.2, 0.25) is 5.02 Å². The second-order valence-electron chi connectivity index (χ2n) is 6.69. The summed E-state index contributed by atoms with van der Waals surface area (Å²) < 4.78 is 5.37. The SMILES string of the molecule is Cc1ccc(NC(=O)C(=O)NCCc2ccc(N3CCOCC3)cc2)cc1Cl. The molecular weight excluding hydrogens is 378 g/mol. The Bertz CT molecular complexity index is 833. The van der Waals surface area contributed by atoms with E-state index in [0.29, 0.717) is 23.7 Å². The van der Waals surface area contributed by atoms with E-state index < -0.39 is 11.8 Å². The van der Waals surface area contributed by atoms with Crippen LogP contribution < -0.4 is 15.5 Å². The molecule has 3 rings (SSSR count). The molecule has 0 aliphatic carbocycles. The minimum atomic E-state index is -0.706. The Labute approximate surface area is 169 Å². The first-order chi connectivity index (χ1) is 13.5. The fourth-order valence-corrected chi connectivity index (χ4v) is 3.13. The zero-order valence-corrected chi connectivity index (χ0v) is 16.6. The number of hydrogen-bond acceptors (Lipinski definition) is 4. The number of hydrogen-bond donors (Lipinski definition) is 2. The highest BCUT2D eigenvalue weighted by Crippen LogP contribution is 2.20. The van der Waals surface area contributed by atoms with Crippen molar-refractivity contribution in [3.05, 3.63) is 58.6 Å². The quantitative estimate of drug-likeness (QED) is 0.756. The van der Waals surface area contributed by atoms with Crippen molar-refractivity contribution in [3.63, 3.8) is 0 Å². The van der Waals surface area contributed by atoms with Crippen LogP contribution in [0, 0.1) is 6.92 Å². The van der Waals surface area contributed by atoms with E-state index in [9.17, 15) is 9.59 Å². The Kier molecular flexibility index (Phi) is 6.90. The third-order valence-electron chi connectivity index (χ3n) is 4.65. The van der Waals surface area contributed by atoms with E-state index in [1.165, 1.54) is 5.69 Å². The van der Waals surface area contributed by atoms with Crippen molar-refractivity contribution >= 4 is 34.8 Å². The summed E-state index contributed by atoms with van der Waals surface area (Å²) in [6, 6.07) is 13.4. The van der Waals surface area contributed by atoms with Gasteiger partial charge in [0, 0.05) is 36.0 Å². The van der Waals surface area contributed by atoms with Crippen LogP contribution in [0.4, 0.5) is 11.4 Å². The molecule has 2 N–H and O–H groups in total. The number of ether oxygens (including phenoxy) is 1. The smallest absolute Gasteiger partial charge is 0.313 e. The molecule has 1 fully saturated rings. The molecule has 2 aromatic rings. The van der Waals surface area contributed by atoms with E-state index in [4.69, 9.17) is 16.3 Å². The number of rotatable bonds is 5. The number of amides is 2. The van der Waals surface area contributed by atoms with Crippen LogP contribution in [0.1, 0.15) is 11.1 Å². The van der Waals surface area contributed by atoms with Crippen molar-refractivity contribution in [1.82, 2.24) is 5.32 Å². The molecule has 1 heterocycles. The van der Waals surface area contributed by atoms with Crippen molar-refractivity contribution in [3.8, 4) is 0 Å². The molecule has 148 valence electrons. The fourth-order valence-electron chi connectivity index (χ4n) is 2.95. The minimum absolute atomic E-state index is 0.387. The number of anilines is 2.